The van der Waals surface area contributed by atoms with E-state index in [4.69, 9.17) is 5.73 Å². The van der Waals surface area contributed by atoms with E-state index in [2.05, 4.69) is 62.8 Å². The van der Waals surface area contributed by atoms with Crippen LogP contribution in [-0.2, 0) is 36.8 Å². The van der Waals surface area contributed by atoms with Gasteiger partial charge < -0.3 is 31.8 Å². The van der Waals surface area contributed by atoms with Crippen LogP contribution < -0.4 is 32.2 Å². The van der Waals surface area contributed by atoms with Crippen LogP contribution >= 0.6 is 0 Å². The number of hydrogen-bond donors (Lipinski definition) is 6. The van der Waals surface area contributed by atoms with E-state index >= 15 is 0 Å². The van der Waals surface area contributed by atoms with E-state index in [0.717, 1.165) is 16.3 Å². The van der Waals surface area contributed by atoms with Crippen molar-refractivity contribution in [2.24, 2.45) is 11.7 Å². The highest BCUT2D eigenvalue weighted by Gasteiger charge is 2.53. The summed E-state index contributed by atoms with van der Waals surface area (Å²) in [5.74, 6) is -2.71. The van der Waals surface area contributed by atoms with Crippen LogP contribution in [0.25, 0.3) is 0 Å². The van der Waals surface area contributed by atoms with Gasteiger partial charge in [-0.3, -0.25) is 24.0 Å². The number of benzene rings is 2. The molecule has 12 heteroatoms. The molecule has 2 atom stereocenters. The van der Waals surface area contributed by atoms with E-state index in [1.165, 1.54) is 0 Å². The lowest BCUT2D eigenvalue weighted by Crippen LogP contribution is -2.61. The van der Waals surface area contributed by atoms with Crippen molar-refractivity contribution in [1.29, 1.82) is 0 Å². The Labute approximate surface area is 280 Å². The van der Waals surface area contributed by atoms with Crippen molar-refractivity contribution in [2.75, 3.05) is 13.1 Å². The zero-order chi connectivity index (χ0) is 35.6. The minimum absolute atomic E-state index is 0.0134. The summed E-state index contributed by atoms with van der Waals surface area (Å²) in [6.07, 6.45) is 0.151. The smallest absolute Gasteiger partial charge is 0.243 e. The Kier molecular flexibility index (Phi) is 13.9. The van der Waals surface area contributed by atoms with E-state index < -0.39 is 44.0 Å². The first-order valence-corrected chi connectivity index (χ1v) is 18.0. The zero-order valence-electron chi connectivity index (χ0n) is 29.0. The lowest BCUT2D eigenvalue weighted by atomic mass is 10.0. The van der Waals surface area contributed by atoms with E-state index in [1.54, 1.807) is 0 Å². The molecule has 7 N–H and O–H groups in total. The average Bonchev–Trinajstić information content (AvgIpc) is 2.97. The number of nitrogens with two attached hydrogens (primary N) is 1. The SMILES string of the molecule is CC(C)[C@H](NC(=O)Cc1ccc([Si](O)(C(C)(C)C)C(C)(C)C)cc1)C(=O)NCCC(=O)N[C@@H](Cc1ccccc1)C(=O)NCC(N)=O. The normalized spacial score (nSPS) is 13.3. The number of amides is 5. The van der Waals surface area contributed by atoms with E-state index in [0.29, 0.717) is 0 Å². The summed E-state index contributed by atoms with van der Waals surface area (Å²) < 4.78 is 0. The van der Waals surface area contributed by atoms with Gasteiger partial charge in [-0.05, 0) is 32.3 Å². The van der Waals surface area contributed by atoms with Gasteiger partial charge in [-0.2, -0.15) is 0 Å². The third kappa shape index (κ3) is 11.3. The fourth-order valence-corrected chi connectivity index (χ4v) is 10.5. The first kappa shape index (κ1) is 39.1. The number of hydrogen-bond acceptors (Lipinski definition) is 6. The Morgan fingerprint density at radius 3 is 1.85 bits per heavy atom. The van der Waals surface area contributed by atoms with E-state index in [-0.39, 0.29) is 54.3 Å². The molecule has 2 aromatic rings. The van der Waals surface area contributed by atoms with E-state index in [1.807, 2.05) is 68.4 Å². The molecule has 258 valence electrons. The molecule has 0 aromatic heterocycles. The number of carbonyl (C=O) groups excluding carboxylic acids is 5. The first-order valence-electron chi connectivity index (χ1n) is 16.0. The molecule has 11 nitrogen and oxygen atoms in total. The molecule has 0 aliphatic rings. The molecule has 2 rings (SSSR count). The number of rotatable bonds is 15. The lowest BCUT2D eigenvalue weighted by Gasteiger charge is -2.47. The number of nitrogens with one attached hydrogen (secondary N) is 4. The van der Waals surface area contributed by atoms with Crippen molar-refractivity contribution in [3.63, 3.8) is 0 Å². The maximum absolute atomic E-state index is 13.0. The predicted octanol–water partition coefficient (Wildman–Crippen LogP) is 1.95. The van der Waals surface area contributed by atoms with Crippen molar-refractivity contribution in [3.8, 4) is 0 Å². The Bertz CT molecular complexity index is 1370. The molecule has 0 saturated carbocycles. The molecule has 0 heterocycles. The average molecular weight is 668 g/mol. The molecule has 0 spiro atoms. The van der Waals surface area contributed by atoms with Gasteiger partial charge in [0.25, 0.3) is 0 Å². The van der Waals surface area contributed by atoms with Gasteiger partial charge in [-0.15, -0.1) is 0 Å². The second-order valence-electron chi connectivity index (χ2n) is 14.4. The second kappa shape index (κ2) is 16.7. The van der Waals surface area contributed by atoms with Gasteiger partial charge in [-0.25, -0.2) is 0 Å². The molecule has 0 unspecified atom stereocenters. The lowest BCUT2D eigenvalue weighted by molar-refractivity contribution is -0.131. The Morgan fingerprint density at radius 2 is 1.34 bits per heavy atom. The largest absolute Gasteiger partial charge is 0.426 e. The van der Waals surface area contributed by atoms with Crippen LogP contribution in [-0.4, -0.2) is 67.8 Å². The molecule has 0 fully saturated rings. The Hall–Kier alpha value is -4.03. The van der Waals surface area contributed by atoms with Crippen molar-refractivity contribution in [1.82, 2.24) is 21.3 Å². The van der Waals surface area contributed by atoms with Gasteiger partial charge in [0.2, 0.25) is 37.9 Å². The number of carbonyl (C=O) groups is 5. The predicted molar refractivity (Wildman–Crippen MR) is 186 cm³/mol. The van der Waals surface area contributed by atoms with Gasteiger partial charge in [0, 0.05) is 19.4 Å². The van der Waals surface area contributed by atoms with Crippen LogP contribution in [0.1, 0.15) is 72.9 Å². The molecule has 0 radical (unpaired) electrons. The quantitative estimate of drug-likeness (QED) is 0.158. The minimum Gasteiger partial charge on any atom is -0.426 e. The third-order valence-corrected chi connectivity index (χ3v) is 13.7. The highest BCUT2D eigenvalue weighted by Crippen LogP contribution is 2.48. The molecule has 0 aliphatic heterocycles. The van der Waals surface area contributed by atoms with Gasteiger partial charge in [0.1, 0.15) is 12.1 Å². The van der Waals surface area contributed by atoms with Crippen LogP contribution in [0, 0.1) is 5.92 Å². The van der Waals surface area contributed by atoms with Gasteiger partial charge in [0.15, 0.2) is 0 Å². The van der Waals surface area contributed by atoms with Crippen molar-refractivity contribution in [3.05, 3.63) is 65.7 Å². The molecule has 0 saturated heterocycles. The summed E-state index contributed by atoms with van der Waals surface area (Å²) in [7, 11) is -2.93. The maximum atomic E-state index is 13.0. The molecule has 2 aromatic carbocycles. The maximum Gasteiger partial charge on any atom is 0.243 e. The Morgan fingerprint density at radius 1 is 0.766 bits per heavy atom. The fraction of sp³-hybridized carbons (Fsp3) is 0.514. The van der Waals surface area contributed by atoms with Gasteiger partial charge in [-0.1, -0.05) is 110 Å². The highest BCUT2D eigenvalue weighted by molar-refractivity contribution is 6.90. The monoisotopic (exact) mass is 667 g/mol. The molecule has 0 aliphatic carbocycles. The van der Waals surface area contributed by atoms with Crippen molar-refractivity contribution >= 4 is 43.0 Å². The zero-order valence-corrected chi connectivity index (χ0v) is 30.0. The van der Waals surface area contributed by atoms with E-state index in [9.17, 15) is 28.8 Å². The van der Waals surface area contributed by atoms with Crippen LogP contribution in [0.15, 0.2) is 54.6 Å². The standard InChI is InChI=1S/C35H53N5O6Si/c1-23(2)31(40-30(43)21-25-14-16-26(17-15-25)47(46,34(3,4)5)35(6,7)8)33(45)37-19-18-29(42)39-27(32(44)38-22-28(36)41)20-24-12-10-9-11-13-24/h9-17,23,27,31,46H,18-22H2,1-8H3,(H2,36,41)(H,37,45)(H,38,44)(H,39,42)(H,40,43)/t27-,31-/m0/s1. The third-order valence-electron chi connectivity index (χ3n) is 8.20. The molecule has 5 amide bonds. The summed E-state index contributed by atoms with van der Waals surface area (Å²) in [5, 5.41) is 10.9. The summed E-state index contributed by atoms with van der Waals surface area (Å²) in [6, 6.07) is 14.8. The fourth-order valence-electron chi connectivity index (χ4n) is 5.83. The van der Waals surface area contributed by atoms with Gasteiger partial charge in [0.05, 0.1) is 13.0 Å². The summed E-state index contributed by atoms with van der Waals surface area (Å²) in [6.45, 7) is 15.6. The van der Waals surface area contributed by atoms with Crippen LogP contribution in [0.2, 0.25) is 10.1 Å². The van der Waals surface area contributed by atoms with Gasteiger partial charge >= 0.3 is 0 Å². The topological polar surface area (TPSA) is 180 Å². The van der Waals surface area contributed by atoms with Crippen LogP contribution in [0.5, 0.6) is 0 Å². The molecular weight excluding hydrogens is 615 g/mol. The number of primary amides is 1. The minimum atomic E-state index is -2.93. The summed E-state index contributed by atoms with van der Waals surface area (Å²) >= 11 is 0. The van der Waals surface area contributed by atoms with Crippen LogP contribution in [0.4, 0.5) is 0 Å². The second-order valence-corrected chi connectivity index (χ2v) is 19.4. The Balaban J connectivity index is 1.97. The summed E-state index contributed by atoms with van der Waals surface area (Å²) in [5.41, 5.74) is 6.70. The summed E-state index contributed by atoms with van der Waals surface area (Å²) in [4.78, 5) is 74.4. The van der Waals surface area contributed by atoms with Crippen molar-refractivity contribution < 1.29 is 28.8 Å². The highest BCUT2D eigenvalue weighted by atomic mass is 28.4. The van der Waals surface area contributed by atoms with Crippen LogP contribution in [0.3, 0.4) is 0 Å². The first-order chi connectivity index (χ1) is 21.8. The molecule has 0 bridgehead atoms. The molecular formula is C35H53N5O6Si. The van der Waals surface area contributed by atoms with Crippen molar-refractivity contribution in [2.45, 2.75) is 96.8 Å². The molecule has 47 heavy (non-hydrogen) atoms.